The van der Waals surface area contributed by atoms with Crippen molar-refractivity contribution in [2.75, 3.05) is 19.8 Å². The first-order valence-corrected chi connectivity index (χ1v) is 13.3. The monoisotopic (exact) mass is 426 g/mol. The molecule has 0 aliphatic rings. The van der Waals surface area contributed by atoms with Crippen LogP contribution < -0.4 is 0 Å². The predicted octanol–water partition coefficient (Wildman–Crippen LogP) is 8.35. The van der Waals surface area contributed by atoms with Gasteiger partial charge in [-0.25, -0.2) is 0 Å². The van der Waals surface area contributed by atoms with Gasteiger partial charge >= 0.3 is 0 Å². The summed E-state index contributed by atoms with van der Waals surface area (Å²) in [4.78, 5) is 0. The molecular weight excluding hydrogens is 372 g/mol. The van der Waals surface area contributed by atoms with E-state index < -0.39 is 0 Å². The summed E-state index contributed by atoms with van der Waals surface area (Å²) in [6.45, 7) is 6.50. The Morgan fingerprint density at radius 3 is 1.60 bits per heavy atom. The summed E-state index contributed by atoms with van der Waals surface area (Å²) in [7, 11) is 0. The highest BCUT2D eigenvalue weighted by atomic mass is 16.7. The fourth-order valence-electron chi connectivity index (χ4n) is 3.65. The Labute approximate surface area is 189 Å². The number of aliphatic hydroxyl groups excluding tert-OH is 1. The normalized spacial score (nSPS) is 11.9. The molecule has 0 atom stereocenters. The second kappa shape index (κ2) is 26.7. The van der Waals surface area contributed by atoms with Crippen LogP contribution >= 0.6 is 0 Å². The van der Waals surface area contributed by atoms with Gasteiger partial charge in [0.1, 0.15) is 0 Å². The van der Waals surface area contributed by atoms with Crippen molar-refractivity contribution in [3.05, 3.63) is 12.2 Å². The van der Waals surface area contributed by atoms with Gasteiger partial charge in [0.2, 0.25) is 0 Å². The quantitative estimate of drug-likeness (QED) is 0.0905. The van der Waals surface area contributed by atoms with Crippen LogP contribution in [0.15, 0.2) is 12.2 Å². The lowest BCUT2D eigenvalue weighted by Crippen LogP contribution is -2.19. The molecule has 0 radical (unpaired) electrons. The Morgan fingerprint density at radius 2 is 1.03 bits per heavy atom. The smallest absolute Gasteiger partial charge is 0.157 e. The van der Waals surface area contributed by atoms with Crippen molar-refractivity contribution in [2.45, 2.75) is 142 Å². The lowest BCUT2D eigenvalue weighted by atomic mass is 10.1. The zero-order valence-electron chi connectivity index (χ0n) is 20.6. The maximum absolute atomic E-state index is 8.74. The van der Waals surface area contributed by atoms with Gasteiger partial charge in [0.05, 0.1) is 0 Å². The van der Waals surface area contributed by atoms with E-state index in [1.807, 2.05) is 0 Å². The molecule has 0 saturated carbocycles. The van der Waals surface area contributed by atoms with Crippen LogP contribution in [0.4, 0.5) is 0 Å². The summed E-state index contributed by atoms with van der Waals surface area (Å²) in [5, 5.41) is 8.74. The van der Waals surface area contributed by atoms with Crippen LogP contribution in [0.3, 0.4) is 0 Å². The third-order valence-corrected chi connectivity index (χ3v) is 5.63. The highest BCUT2D eigenvalue weighted by molar-refractivity contribution is 4.80. The van der Waals surface area contributed by atoms with Crippen molar-refractivity contribution < 1.29 is 14.6 Å². The van der Waals surface area contributed by atoms with Crippen LogP contribution in [0, 0.1) is 0 Å². The third-order valence-electron chi connectivity index (χ3n) is 5.63. The molecule has 0 amide bonds. The molecule has 3 nitrogen and oxygen atoms in total. The number of hydrogen-bond donors (Lipinski definition) is 1. The molecule has 0 heterocycles. The van der Waals surface area contributed by atoms with E-state index in [1.54, 1.807) is 0 Å². The van der Waals surface area contributed by atoms with Gasteiger partial charge in [0.25, 0.3) is 0 Å². The first-order chi connectivity index (χ1) is 14.8. The van der Waals surface area contributed by atoms with Crippen molar-refractivity contribution in [3.63, 3.8) is 0 Å². The van der Waals surface area contributed by atoms with Crippen LogP contribution in [0.25, 0.3) is 0 Å². The predicted molar refractivity (Wildman–Crippen MR) is 131 cm³/mol. The van der Waals surface area contributed by atoms with E-state index in [0.29, 0.717) is 0 Å². The number of hydrogen-bond acceptors (Lipinski definition) is 3. The Morgan fingerprint density at radius 1 is 0.567 bits per heavy atom. The van der Waals surface area contributed by atoms with Crippen molar-refractivity contribution in [1.29, 1.82) is 0 Å². The summed E-state index contributed by atoms with van der Waals surface area (Å²) in [5.74, 6) is 0. The maximum Gasteiger partial charge on any atom is 0.157 e. The molecule has 0 bridgehead atoms. The van der Waals surface area contributed by atoms with Crippen molar-refractivity contribution in [2.24, 2.45) is 0 Å². The molecule has 30 heavy (non-hydrogen) atoms. The highest BCUT2D eigenvalue weighted by Gasteiger charge is 2.09. The fraction of sp³-hybridized carbons (Fsp3) is 0.926. The molecule has 0 unspecified atom stereocenters. The minimum absolute atomic E-state index is 0.0130. The summed E-state index contributed by atoms with van der Waals surface area (Å²) in [6, 6.07) is 0. The topological polar surface area (TPSA) is 38.7 Å². The first-order valence-electron chi connectivity index (χ1n) is 13.3. The number of unbranched alkanes of at least 4 members (excludes halogenated alkanes) is 14. The molecule has 0 fully saturated rings. The zero-order valence-corrected chi connectivity index (χ0v) is 20.6. The molecule has 0 aromatic carbocycles. The van der Waals surface area contributed by atoms with E-state index in [1.165, 1.54) is 103 Å². The van der Waals surface area contributed by atoms with Crippen molar-refractivity contribution >= 4 is 0 Å². The number of allylic oxidation sites excluding steroid dienone is 1. The van der Waals surface area contributed by atoms with Gasteiger partial charge in [-0.05, 0) is 44.9 Å². The third kappa shape index (κ3) is 23.9. The molecular formula is C27H54O3. The minimum atomic E-state index is 0.0130. The van der Waals surface area contributed by atoms with Crippen molar-refractivity contribution in [3.8, 4) is 0 Å². The second-order valence-corrected chi connectivity index (χ2v) is 8.68. The summed E-state index contributed by atoms with van der Waals surface area (Å²) >= 11 is 0. The molecule has 0 saturated heterocycles. The molecule has 0 rings (SSSR count). The average Bonchev–Trinajstić information content (AvgIpc) is 2.76. The van der Waals surface area contributed by atoms with E-state index in [4.69, 9.17) is 14.6 Å². The van der Waals surface area contributed by atoms with Gasteiger partial charge in [-0.1, -0.05) is 103 Å². The lowest BCUT2D eigenvalue weighted by molar-refractivity contribution is -0.148. The number of rotatable bonds is 25. The van der Waals surface area contributed by atoms with E-state index >= 15 is 0 Å². The van der Waals surface area contributed by atoms with Crippen LogP contribution in [-0.4, -0.2) is 31.2 Å². The molecule has 0 aliphatic heterocycles. The van der Waals surface area contributed by atoms with Gasteiger partial charge in [-0.3, -0.25) is 0 Å². The minimum Gasteiger partial charge on any atom is -0.396 e. The summed E-state index contributed by atoms with van der Waals surface area (Å²) in [6.07, 6.45) is 27.9. The number of ether oxygens (including phenoxy) is 2. The Hall–Kier alpha value is -0.380. The van der Waals surface area contributed by atoms with E-state index in [-0.39, 0.29) is 12.9 Å². The average molecular weight is 427 g/mol. The molecule has 0 aliphatic carbocycles. The van der Waals surface area contributed by atoms with Gasteiger partial charge in [0.15, 0.2) is 6.29 Å². The van der Waals surface area contributed by atoms with Gasteiger partial charge in [-0.2, -0.15) is 0 Å². The van der Waals surface area contributed by atoms with Crippen LogP contribution in [-0.2, 0) is 9.47 Å². The summed E-state index contributed by atoms with van der Waals surface area (Å²) < 4.78 is 12.2. The largest absolute Gasteiger partial charge is 0.396 e. The van der Waals surface area contributed by atoms with Gasteiger partial charge in [-0.15, -0.1) is 0 Å². The lowest BCUT2D eigenvalue weighted by Gasteiger charge is -2.19. The summed E-state index contributed by atoms with van der Waals surface area (Å²) in [5.41, 5.74) is 0. The molecule has 0 aromatic heterocycles. The van der Waals surface area contributed by atoms with Crippen LogP contribution in [0.5, 0.6) is 0 Å². The zero-order chi connectivity index (χ0) is 22.0. The Kier molecular flexibility index (Phi) is 26.3. The highest BCUT2D eigenvalue weighted by Crippen LogP contribution is 2.14. The Bertz CT molecular complexity index is 314. The van der Waals surface area contributed by atoms with Crippen LogP contribution in [0.1, 0.15) is 136 Å². The molecule has 0 aromatic rings. The molecule has 3 heteroatoms. The molecule has 0 spiro atoms. The second-order valence-electron chi connectivity index (χ2n) is 8.68. The standard InChI is InChI=1S/C27H54O3/c1-3-5-7-17-21-25-29-27(30-26-22-18-8-6-4-2)23-19-15-13-11-9-10-12-14-16-20-24-28/h14,16,27-28H,3-13,15,17-26H2,1-2H3/b16-14+. The SMILES string of the molecule is CCCCCCCOC(CCCCCCCC/C=C/CCO)OCCCCCCC. The number of aliphatic hydroxyl groups is 1. The van der Waals surface area contributed by atoms with E-state index in [0.717, 1.165) is 32.5 Å². The van der Waals surface area contributed by atoms with E-state index in [2.05, 4.69) is 26.0 Å². The molecule has 180 valence electrons. The van der Waals surface area contributed by atoms with Crippen molar-refractivity contribution in [1.82, 2.24) is 0 Å². The Balaban J connectivity index is 3.77. The maximum atomic E-state index is 8.74. The molecule has 1 N–H and O–H groups in total. The van der Waals surface area contributed by atoms with Crippen LogP contribution in [0.2, 0.25) is 0 Å². The first kappa shape index (κ1) is 29.6. The van der Waals surface area contributed by atoms with E-state index in [9.17, 15) is 0 Å². The van der Waals surface area contributed by atoms with Gasteiger partial charge in [0, 0.05) is 19.8 Å². The fourth-order valence-corrected chi connectivity index (χ4v) is 3.65. The van der Waals surface area contributed by atoms with Gasteiger partial charge < -0.3 is 14.6 Å².